The summed E-state index contributed by atoms with van der Waals surface area (Å²) in [4.78, 5) is 16.9. The van der Waals surface area contributed by atoms with Crippen molar-refractivity contribution < 1.29 is 13.2 Å². The zero-order valence-corrected chi connectivity index (χ0v) is 16.5. The number of sulfonamides is 1. The van der Waals surface area contributed by atoms with Gasteiger partial charge in [0.2, 0.25) is 15.6 Å². The number of hydrogen-bond donors (Lipinski definition) is 1. The molecule has 0 atom stereocenters. The predicted molar refractivity (Wildman–Crippen MR) is 103 cm³/mol. The number of H-pyrrole nitrogens is 1. The molecule has 27 heavy (non-hydrogen) atoms. The maximum absolute atomic E-state index is 13.1. The van der Waals surface area contributed by atoms with Crippen LogP contribution in [0.1, 0.15) is 18.4 Å². The van der Waals surface area contributed by atoms with E-state index in [1.807, 2.05) is 6.92 Å². The van der Waals surface area contributed by atoms with Crippen molar-refractivity contribution in [3.63, 3.8) is 0 Å². The first-order valence-electron chi connectivity index (χ1n) is 9.26. The molecule has 7 nitrogen and oxygen atoms in total. The molecule has 0 amide bonds. The molecule has 1 aromatic carbocycles. The van der Waals surface area contributed by atoms with Crippen molar-refractivity contribution in [2.24, 2.45) is 0 Å². The van der Waals surface area contributed by atoms with Gasteiger partial charge in [0.15, 0.2) is 0 Å². The van der Waals surface area contributed by atoms with Gasteiger partial charge in [-0.25, -0.2) is 8.42 Å². The summed E-state index contributed by atoms with van der Waals surface area (Å²) in [5.74, 6) is 0. The smallest absolute Gasteiger partial charge is 0.248 e. The van der Waals surface area contributed by atoms with Gasteiger partial charge in [0, 0.05) is 43.1 Å². The summed E-state index contributed by atoms with van der Waals surface area (Å²) < 4.78 is 33.9. The van der Waals surface area contributed by atoms with Gasteiger partial charge in [0.25, 0.3) is 0 Å². The number of aromatic nitrogens is 1. The lowest BCUT2D eigenvalue weighted by Gasteiger charge is -2.46. The lowest BCUT2D eigenvalue weighted by Crippen LogP contribution is -2.56. The topological polar surface area (TPSA) is 82.7 Å². The molecule has 2 aliphatic rings. The van der Waals surface area contributed by atoms with Crippen molar-refractivity contribution in [2.45, 2.75) is 30.3 Å². The largest absolute Gasteiger partial charge is 0.372 e. The van der Waals surface area contributed by atoms with E-state index in [4.69, 9.17) is 4.74 Å². The Morgan fingerprint density at radius 1 is 1.15 bits per heavy atom. The van der Waals surface area contributed by atoms with E-state index >= 15 is 0 Å². The summed E-state index contributed by atoms with van der Waals surface area (Å²) in [7, 11) is -1.50. The molecule has 1 spiro atoms. The number of nitrogens with zero attached hydrogens (tertiary/aromatic N) is 2. The molecule has 4 rings (SSSR count). The zero-order chi connectivity index (χ0) is 19.2. The van der Waals surface area contributed by atoms with Gasteiger partial charge in [-0.2, -0.15) is 4.31 Å². The summed E-state index contributed by atoms with van der Waals surface area (Å²) in [5.41, 5.74) is 1.00. The molecule has 8 heteroatoms. The molecular formula is C19H25N3O4S. The predicted octanol–water partition coefficient (Wildman–Crippen LogP) is 1.32. The van der Waals surface area contributed by atoms with E-state index in [1.165, 1.54) is 6.07 Å². The number of hydrogen-bond acceptors (Lipinski definition) is 5. The van der Waals surface area contributed by atoms with Gasteiger partial charge in [-0.1, -0.05) is 0 Å². The number of rotatable bonds is 2. The molecule has 0 aliphatic carbocycles. The fraction of sp³-hybridized carbons (Fsp3) is 0.526. The Labute approximate surface area is 159 Å². The van der Waals surface area contributed by atoms with Crippen molar-refractivity contribution in [1.29, 1.82) is 0 Å². The Morgan fingerprint density at radius 2 is 1.89 bits per heavy atom. The third-order valence-electron chi connectivity index (χ3n) is 5.73. The van der Waals surface area contributed by atoms with Crippen LogP contribution in [-0.2, 0) is 14.8 Å². The van der Waals surface area contributed by atoms with Crippen LogP contribution in [0.5, 0.6) is 0 Å². The summed E-state index contributed by atoms with van der Waals surface area (Å²) in [5, 5.41) is 0.751. The number of pyridine rings is 1. The average molecular weight is 391 g/mol. The van der Waals surface area contributed by atoms with Crippen LogP contribution in [0, 0.1) is 6.92 Å². The van der Waals surface area contributed by atoms with Crippen molar-refractivity contribution in [3.05, 3.63) is 40.2 Å². The van der Waals surface area contributed by atoms with Crippen molar-refractivity contribution in [2.75, 3.05) is 39.8 Å². The minimum absolute atomic E-state index is 0.186. The van der Waals surface area contributed by atoms with Gasteiger partial charge in [-0.05, 0) is 50.6 Å². The van der Waals surface area contributed by atoms with E-state index in [9.17, 15) is 13.2 Å². The lowest BCUT2D eigenvalue weighted by molar-refractivity contribution is -0.124. The van der Waals surface area contributed by atoms with Gasteiger partial charge in [0.05, 0.1) is 17.1 Å². The molecule has 0 radical (unpaired) electrons. The monoisotopic (exact) mass is 391 g/mol. The lowest BCUT2D eigenvalue weighted by atomic mass is 9.90. The highest BCUT2D eigenvalue weighted by molar-refractivity contribution is 7.89. The van der Waals surface area contributed by atoms with Gasteiger partial charge in [-0.15, -0.1) is 0 Å². The summed E-state index contributed by atoms with van der Waals surface area (Å²) in [6.07, 6.45) is 1.41. The molecule has 1 N–H and O–H groups in total. The van der Waals surface area contributed by atoms with E-state index < -0.39 is 10.0 Å². The van der Waals surface area contributed by atoms with Crippen LogP contribution in [-0.4, -0.2) is 68.0 Å². The Balaban J connectivity index is 1.59. The molecule has 2 fully saturated rings. The molecule has 146 valence electrons. The standard InChI is InChI=1S/C19H25N3O4S/c1-14-11-18(23)20-17-4-3-15(12-16(14)17)27(24,25)22-7-5-19(6-8-22)13-21(2)9-10-26-19/h3-4,11-12H,5-10,13H2,1-2H3,(H,20,23). The second-order valence-electron chi connectivity index (χ2n) is 7.70. The first-order chi connectivity index (χ1) is 12.8. The first-order valence-corrected chi connectivity index (χ1v) is 10.7. The number of benzene rings is 1. The zero-order valence-electron chi connectivity index (χ0n) is 15.7. The van der Waals surface area contributed by atoms with Gasteiger partial charge < -0.3 is 14.6 Å². The van der Waals surface area contributed by atoms with E-state index in [0.29, 0.717) is 38.1 Å². The van der Waals surface area contributed by atoms with Crippen LogP contribution < -0.4 is 5.56 Å². The molecule has 2 saturated heterocycles. The molecule has 0 unspecified atom stereocenters. The van der Waals surface area contributed by atoms with Gasteiger partial charge in [0.1, 0.15) is 0 Å². The fourth-order valence-corrected chi connectivity index (χ4v) is 5.65. The van der Waals surface area contributed by atoms with Crippen LogP contribution in [0.4, 0.5) is 0 Å². The Morgan fingerprint density at radius 3 is 2.59 bits per heavy atom. The maximum Gasteiger partial charge on any atom is 0.248 e. The number of fused-ring (bicyclic) bond motifs is 1. The van der Waals surface area contributed by atoms with Crippen molar-refractivity contribution in [3.8, 4) is 0 Å². The number of piperidine rings is 1. The van der Waals surface area contributed by atoms with Gasteiger partial charge >= 0.3 is 0 Å². The summed E-state index contributed by atoms with van der Waals surface area (Å²) >= 11 is 0. The number of aryl methyl sites for hydroxylation is 1. The van der Waals surface area contributed by atoms with Gasteiger partial charge in [-0.3, -0.25) is 4.79 Å². The molecule has 3 heterocycles. The number of morpholine rings is 1. The Kier molecular flexibility index (Phi) is 4.62. The molecule has 1 aromatic heterocycles. The first kappa shape index (κ1) is 18.6. The third-order valence-corrected chi connectivity index (χ3v) is 7.63. The van der Waals surface area contributed by atoms with E-state index in [1.54, 1.807) is 22.5 Å². The minimum atomic E-state index is -3.58. The second kappa shape index (κ2) is 6.70. The fourth-order valence-electron chi connectivity index (χ4n) is 4.18. The molecule has 2 aromatic rings. The van der Waals surface area contributed by atoms with Crippen LogP contribution in [0.25, 0.3) is 10.9 Å². The highest BCUT2D eigenvalue weighted by atomic mass is 32.2. The van der Waals surface area contributed by atoms with Crippen molar-refractivity contribution >= 4 is 20.9 Å². The van der Waals surface area contributed by atoms with E-state index in [2.05, 4.69) is 16.9 Å². The van der Waals surface area contributed by atoms with Crippen LogP contribution in [0.15, 0.2) is 34.0 Å². The minimum Gasteiger partial charge on any atom is -0.372 e. The van der Waals surface area contributed by atoms with E-state index in [-0.39, 0.29) is 16.1 Å². The number of likely N-dealkylation sites (N-methyl/N-ethyl adjacent to an activating group) is 1. The second-order valence-corrected chi connectivity index (χ2v) is 9.64. The third kappa shape index (κ3) is 3.42. The van der Waals surface area contributed by atoms with Crippen LogP contribution in [0.2, 0.25) is 0 Å². The molecule has 0 saturated carbocycles. The number of nitrogens with one attached hydrogen (secondary N) is 1. The molecule has 2 aliphatic heterocycles. The molecule has 0 bridgehead atoms. The highest BCUT2D eigenvalue weighted by Crippen LogP contribution is 2.32. The number of ether oxygens (including phenoxy) is 1. The number of aromatic amines is 1. The Bertz CT molecular complexity index is 1020. The normalized spacial score (nSPS) is 21.7. The highest BCUT2D eigenvalue weighted by Gasteiger charge is 2.41. The van der Waals surface area contributed by atoms with Crippen LogP contribution >= 0.6 is 0 Å². The Hall–Kier alpha value is -1.74. The molecular weight excluding hydrogens is 366 g/mol. The SMILES string of the molecule is Cc1cc(=O)[nH]c2ccc(S(=O)(=O)N3CCC4(CC3)CN(C)CCO4)cc12. The summed E-state index contributed by atoms with van der Waals surface area (Å²) in [6.45, 7) is 5.20. The van der Waals surface area contributed by atoms with Crippen LogP contribution in [0.3, 0.4) is 0 Å². The average Bonchev–Trinajstić information content (AvgIpc) is 2.61. The van der Waals surface area contributed by atoms with Crippen molar-refractivity contribution in [1.82, 2.24) is 14.2 Å². The summed E-state index contributed by atoms with van der Waals surface area (Å²) in [6, 6.07) is 6.38. The maximum atomic E-state index is 13.1. The van der Waals surface area contributed by atoms with E-state index in [0.717, 1.165) is 24.0 Å². The quantitative estimate of drug-likeness (QED) is 0.835.